The first-order valence-electron chi connectivity index (χ1n) is 6.75. The van der Waals surface area contributed by atoms with Gasteiger partial charge in [0, 0.05) is 23.6 Å². The summed E-state index contributed by atoms with van der Waals surface area (Å²) in [4.78, 5) is 14.7. The summed E-state index contributed by atoms with van der Waals surface area (Å²) >= 11 is 12.6. The lowest BCUT2D eigenvalue weighted by Gasteiger charge is -2.10. The van der Waals surface area contributed by atoms with Gasteiger partial charge in [-0.1, -0.05) is 35.5 Å². The third kappa shape index (κ3) is 4.60. The van der Waals surface area contributed by atoms with Gasteiger partial charge in [0.2, 0.25) is 5.82 Å². The number of nitrogens with zero attached hydrogens (tertiary/aromatic N) is 3. The van der Waals surface area contributed by atoms with Crippen molar-refractivity contribution in [1.82, 2.24) is 9.55 Å². The van der Waals surface area contributed by atoms with Crippen LogP contribution in [-0.4, -0.2) is 37.3 Å². The first-order valence-corrected chi connectivity index (χ1v) is 8.65. The Kier molecular flexibility index (Phi) is 6.29. The van der Waals surface area contributed by atoms with Crippen molar-refractivity contribution < 1.29 is 10.0 Å². The van der Waals surface area contributed by atoms with Gasteiger partial charge in [-0.15, -0.1) is 11.6 Å². The van der Waals surface area contributed by atoms with Gasteiger partial charge in [0.1, 0.15) is 0 Å². The van der Waals surface area contributed by atoms with Crippen LogP contribution < -0.4 is 0 Å². The summed E-state index contributed by atoms with van der Waals surface area (Å²) in [5.41, 5.74) is 0.949. The number of aliphatic hydroxyl groups is 1. The number of aliphatic hydroxyl groups excluding tert-OH is 1. The minimum Gasteiger partial charge on any atom is -0.391 e. The Labute approximate surface area is 147 Å². The van der Waals surface area contributed by atoms with Crippen molar-refractivity contribution >= 4 is 40.8 Å². The molecule has 1 heterocycles. The molecule has 0 aliphatic heterocycles. The van der Waals surface area contributed by atoms with Crippen LogP contribution in [0.15, 0.2) is 29.3 Å². The number of halogens is 2. The zero-order valence-corrected chi connectivity index (χ0v) is 14.6. The van der Waals surface area contributed by atoms with Crippen molar-refractivity contribution in [3.63, 3.8) is 0 Å². The van der Waals surface area contributed by atoms with Crippen LogP contribution in [0.5, 0.6) is 0 Å². The van der Waals surface area contributed by atoms with Gasteiger partial charge in [-0.2, -0.15) is 0 Å². The average Bonchev–Trinajstić information content (AvgIpc) is 2.83. The summed E-state index contributed by atoms with van der Waals surface area (Å²) in [5.74, 6) is 0.666. The van der Waals surface area contributed by atoms with Gasteiger partial charge >= 0.3 is 5.82 Å². The van der Waals surface area contributed by atoms with Crippen LogP contribution in [0.3, 0.4) is 0 Å². The Morgan fingerprint density at radius 1 is 1.43 bits per heavy atom. The number of rotatable bonds is 7. The SMILES string of the molecule is Cc1nc([N+](=O)[O-])c(SC[C@H](O)CCl)n1Cc1ccc(Cl)cc1. The van der Waals surface area contributed by atoms with E-state index < -0.39 is 11.0 Å². The third-order valence-corrected chi connectivity index (χ3v) is 4.95. The molecule has 0 unspecified atom stereocenters. The highest BCUT2D eigenvalue weighted by Crippen LogP contribution is 2.31. The predicted molar refractivity (Wildman–Crippen MR) is 91.6 cm³/mol. The number of thioether (sulfide) groups is 1. The van der Waals surface area contributed by atoms with Crippen LogP contribution in [0.2, 0.25) is 5.02 Å². The van der Waals surface area contributed by atoms with Gasteiger partial charge in [-0.3, -0.25) is 4.57 Å². The van der Waals surface area contributed by atoms with Gasteiger partial charge in [-0.25, -0.2) is 0 Å². The second-order valence-corrected chi connectivity index (χ2v) is 6.63. The smallest absolute Gasteiger partial charge is 0.391 e. The second-order valence-electron chi connectivity index (χ2n) is 4.88. The van der Waals surface area contributed by atoms with E-state index in [1.54, 1.807) is 23.6 Å². The second kappa shape index (κ2) is 8.01. The van der Waals surface area contributed by atoms with E-state index in [-0.39, 0.29) is 17.5 Å². The molecule has 0 radical (unpaired) electrons. The molecule has 2 rings (SSSR count). The zero-order valence-electron chi connectivity index (χ0n) is 12.3. The molecule has 0 bridgehead atoms. The number of hydrogen-bond acceptors (Lipinski definition) is 5. The van der Waals surface area contributed by atoms with Crippen LogP contribution in [0.1, 0.15) is 11.4 Å². The summed E-state index contributed by atoms with van der Waals surface area (Å²) in [7, 11) is 0. The molecule has 9 heteroatoms. The molecule has 0 aliphatic carbocycles. The molecule has 1 aromatic heterocycles. The Morgan fingerprint density at radius 3 is 2.65 bits per heavy atom. The maximum absolute atomic E-state index is 11.2. The number of benzene rings is 1. The van der Waals surface area contributed by atoms with E-state index in [4.69, 9.17) is 23.2 Å². The minimum absolute atomic E-state index is 0.0745. The van der Waals surface area contributed by atoms with E-state index in [1.165, 1.54) is 11.8 Å². The minimum atomic E-state index is -0.736. The van der Waals surface area contributed by atoms with E-state index in [0.29, 0.717) is 22.4 Å². The van der Waals surface area contributed by atoms with Crippen LogP contribution in [0, 0.1) is 17.0 Å². The molecule has 1 aromatic carbocycles. The number of hydrogen-bond donors (Lipinski definition) is 1. The topological polar surface area (TPSA) is 81.2 Å². The number of aromatic nitrogens is 2. The molecule has 2 aromatic rings. The number of nitro groups is 1. The van der Waals surface area contributed by atoms with Crippen LogP contribution >= 0.6 is 35.0 Å². The maximum atomic E-state index is 11.2. The molecule has 0 fully saturated rings. The maximum Gasteiger partial charge on any atom is 0.396 e. The Hall–Kier alpha value is -1.28. The van der Waals surface area contributed by atoms with E-state index in [9.17, 15) is 15.2 Å². The summed E-state index contributed by atoms with van der Waals surface area (Å²) in [6, 6.07) is 7.24. The van der Waals surface area contributed by atoms with Gasteiger partial charge in [-0.05, 0) is 27.6 Å². The molecule has 1 N–H and O–H groups in total. The van der Waals surface area contributed by atoms with Crippen molar-refractivity contribution in [3.8, 4) is 0 Å². The standard InChI is InChI=1S/C14H15Cl2N3O3S/c1-9-17-13(19(21)22)14(23-8-12(20)6-15)18(9)7-10-2-4-11(16)5-3-10/h2-5,12,20H,6-8H2,1H3/t12-/m1/s1. The first kappa shape index (κ1) is 18.1. The predicted octanol–water partition coefficient (Wildman–Crippen LogP) is 3.49. The van der Waals surface area contributed by atoms with Crippen molar-refractivity contribution in [1.29, 1.82) is 0 Å². The fraction of sp³-hybridized carbons (Fsp3) is 0.357. The van der Waals surface area contributed by atoms with Crippen molar-refractivity contribution in [2.24, 2.45) is 0 Å². The van der Waals surface area contributed by atoms with Crippen LogP contribution in [-0.2, 0) is 6.54 Å². The summed E-state index contributed by atoms with van der Waals surface area (Å²) in [5, 5.41) is 21.8. The van der Waals surface area contributed by atoms with E-state index >= 15 is 0 Å². The average molecular weight is 376 g/mol. The van der Waals surface area contributed by atoms with Gasteiger partial charge in [0.05, 0.1) is 12.6 Å². The van der Waals surface area contributed by atoms with Gasteiger partial charge in [0.15, 0.2) is 5.03 Å². The monoisotopic (exact) mass is 375 g/mol. The summed E-state index contributed by atoms with van der Waals surface area (Å²) < 4.78 is 1.76. The van der Waals surface area contributed by atoms with Gasteiger partial charge in [0.25, 0.3) is 0 Å². The van der Waals surface area contributed by atoms with E-state index in [1.807, 2.05) is 12.1 Å². The highest BCUT2D eigenvalue weighted by molar-refractivity contribution is 7.99. The quantitative estimate of drug-likeness (QED) is 0.346. The van der Waals surface area contributed by atoms with E-state index in [0.717, 1.165) is 5.56 Å². The zero-order chi connectivity index (χ0) is 17.0. The largest absolute Gasteiger partial charge is 0.396 e. The summed E-state index contributed by atoms with van der Waals surface area (Å²) in [6.45, 7) is 2.15. The molecular formula is C14H15Cl2N3O3S. The number of aryl methyl sites for hydroxylation is 1. The Balaban J connectivity index is 2.32. The fourth-order valence-electron chi connectivity index (χ4n) is 1.97. The molecular weight excluding hydrogens is 361 g/mol. The molecule has 0 saturated carbocycles. The normalized spacial score (nSPS) is 12.3. The van der Waals surface area contributed by atoms with E-state index in [2.05, 4.69) is 4.98 Å². The number of alkyl halides is 1. The summed E-state index contributed by atoms with van der Waals surface area (Å²) in [6.07, 6.45) is -0.736. The van der Waals surface area contributed by atoms with Crippen molar-refractivity contribution in [2.45, 2.75) is 24.6 Å². The van der Waals surface area contributed by atoms with Gasteiger partial charge < -0.3 is 15.2 Å². The lowest BCUT2D eigenvalue weighted by atomic mass is 10.2. The van der Waals surface area contributed by atoms with Crippen LogP contribution in [0.25, 0.3) is 0 Å². The lowest BCUT2D eigenvalue weighted by Crippen LogP contribution is -2.12. The first-order chi connectivity index (χ1) is 10.9. The lowest BCUT2D eigenvalue weighted by molar-refractivity contribution is -0.392. The molecule has 0 amide bonds. The third-order valence-electron chi connectivity index (χ3n) is 3.11. The molecule has 0 aliphatic rings. The van der Waals surface area contributed by atoms with Crippen LogP contribution in [0.4, 0.5) is 5.82 Å². The molecule has 1 atom stereocenters. The van der Waals surface area contributed by atoms with Crippen molar-refractivity contribution in [2.75, 3.05) is 11.6 Å². The molecule has 6 nitrogen and oxygen atoms in total. The van der Waals surface area contributed by atoms with Crippen molar-refractivity contribution in [3.05, 3.63) is 50.8 Å². The fourth-order valence-corrected chi connectivity index (χ4v) is 3.40. The number of imidazole rings is 1. The molecule has 124 valence electrons. The molecule has 0 spiro atoms. The Morgan fingerprint density at radius 2 is 2.09 bits per heavy atom. The highest BCUT2D eigenvalue weighted by Gasteiger charge is 2.26. The molecule has 0 saturated heterocycles. The highest BCUT2D eigenvalue weighted by atomic mass is 35.5. The Bertz CT molecular complexity index is 691. The molecule has 23 heavy (non-hydrogen) atoms.